The van der Waals surface area contributed by atoms with Crippen LogP contribution in [0.1, 0.15) is 61.9 Å². The number of rotatable bonds is 6. The van der Waals surface area contributed by atoms with Gasteiger partial charge in [-0.15, -0.1) is 9.24 Å². The quantitative estimate of drug-likeness (QED) is 0.572. The van der Waals surface area contributed by atoms with E-state index in [-0.39, 0.29) is 5.91 Å². The van der Waals surface area contributed by atoms with Gasteiger partial charge in [0.2, 0.25) is 5.91 Å². The summed E-state index contributed by atoms with van der Waals surface area (Å²) in [6.07, 6.45) is 20.3. The molecule has 5 heteroatoms. The minimum atomic E-state index is 0.0267. The van der Waals surface area contributed by atoms with Crippen molar-refractivity contribution in [3.05, 3.63) is 71.1 Å². The zero-order valence-electron chi connectivity index (χ0n) is 19.1. The molecule has 1 aromatic heterocycles. The summed E-state index contributed by atoms with van der Waals surface area (Å²) in [7, 11) is 2.79. The number of nitrogens with one attached hydrogen (secondary N) is 1. The number of hydrogen-bond acceptors (Lipinski definition) is 3. The highest BCUT2D eigenvalue weighted by Gasteiger charge is 2.25. The number of carbonyl (C=O) groups excluding carboxylic acids is 1. The predicted molar refractivity (Wildman–Crippen MR) is 139 cm³/mol. The Morgan fingerprint density at radius 2 is 1.97 bits per heavy atom. The van der Waals surface area contributed by atoms with Crippen LogP contribution < -0.4 is 10.6 Å². The molecule has 5 rings (SSSR count). The summed E-state index contributed by atoms with van der Waals surface area (Å²) < 4.78 is 0. The second-order valence-electron chi connectivity index (χ2n) is 9.48. The molecule has 2 aromatic rings. The second-order valence-corrected chi connectivity index (χ2v) is 10.1. The van der Waals surface area contributed by atoms with E-state index < -0.39 is 0 Å². The van der Waals surface area contributed by atoms with E-state index in [1.54, 1.807) is 0 Å². The van der Waals surface area contributed by atoms with E-state index in [2.05, 4.69) is 51.0 Å². The summed E-state index contributed by atoms with van der Waals surface area (Å²) in [6, 6.07) is 6.54. The second kappa shape index (κ2) is 10.1. The molecule has 0 bridgehead atoms. The third-order valence-electron chi connectivity index (χ3n) is 7.01. The molecule has 3 aliphatic carbocycles. The van der Waals surface area contributed by atoms with E-state index in [9.17, 15) is 4.79 Å². The number of aromatic nitrogens is 2. The molecule has 1 unspecified atom stereocenters. The van der Waals surface area contributed by atoms with Crippen molar-refractivity contribution in [3.63, 3.8) is 0 Å². The van der Waals surface area contributed by atoms with Gasteiger partial charge >= 0.3 is 0 Å². The van der Waals surface area contributed by atoms with Crippen LogP contribution in [0.15, 0.2) is 54.2 Å². The van der Waals surface area contributed by atoms with E-state index in [4.69, 9.17) is 9.97 Å². The highest BCUT2D eigenvalue weighted by molar-refractivity contribution is 7.27. The van der Waals surface area contributed by atoms with Crippen molar-refractivity contribution >= 4 is 26.3 Å². The van der Waals surface area contributed by atoms with Gasteiger partial charge in [-0.1, -0.05) is 79.8 Å². The van der Waals surface area contributed by atoms with Crippen LogP contribution in [0.3, 0.4) is 0 Å². The predicted octanol–water partition coefficient (Wildman–Crippen LogP) is 5.64. The first-order chi connectivity index (χ1) is 16.2. The first kappa shape index (κ1) is 22.2. The first-order valence-electron chi connectivity index (χ1n) is 12.3. The molecule has 4 nitrogen and oxygen atoms in total. The molecule has 0 radical (unpaired) electrons. The Bertz CT molecular complexity index is 1140. The van der Waals surface area contributed by atoms with Gasteiger partial charge < -0.3 is 5.32 Å². The average molecular weight is 458 g/mol. The van der Waals surface area contributed by atoms with Crippen molar-refractivity contribution in [3.8, 4) is 11.3 Å². The van der Waals surface area contributed by atoms with Gasteiger partial charge in [-0.2, -0.15) is 0 Å². The number of anilines is 1. The maximum Gasteiger partial charge on any atom is 0.225 e. The molecule has 0 saturated heterocycles. The first-order valence-corrected chi connectivity index (χ1v) is 12.8. The molecule has 1 amide bonds. The molecule has 1 atom stereocenters. The molecular formula is C28H32N3OP. The van der Waals surface area contributed by atoms with Crippen molar-refractivity contribution < 1.29 is 4.79 Å². The lowest BCUT2D eigenvalue weighted by Crippen LogP contribution is -2.19. The van der Waals surface area contributed by atoms with Crippen molar-refractivity contribution in [1.29, 1.82) is 0 Å². The number of fused-ring (bicyclic) bond motifs is 3. The van der Waals surface area contributed by atoms with Gasteiger partial charge in [0.05, 0.1) is 17.1 Å². The van der Waals surface area contributed by atoms with Crippen LogP contribution in [0.2, 0.25) is 0 Å². The minimum Gasteiger partial charge on any atom is -0.309 e. The van der Waals surface area contributed by atoms with Crippen LogP contribution in [0.4, 0.5) is 5.82 Å². The monoisotopic (exact) mass is 457 g/mol. The molecule has 1 saturated carbocycles. The molecule has 0 spiro atoms. The van der Waals surface area contributed by atoms with Gasteiger partial charge in [0.15, 0.2) is 5.82 Å². The van der Waals surface area contributed by atoms with Gasteiger partial charge in [-0.3, -0.25) is 4.79 Å². The van der Waals surface area contributed by atoms with Crippen LogP contribution in [-0.2, 0) is 24.1 Å². The zero-order valence-corrected chi connectivity index (χ0v) is 20.3. The molecule has 0 aliphatic heterocycles. The summed E-state index contributed by atoms with van der Waals surface area (Å²) in [5, 5.41) is 4.35. The van der Waals surface area contributed by atoms with E-state index in [1.807, 2.05) is 12.2 Å². The van der Waals surface area contributed by atoms with Crippen LogP contribution in [-0.4, -0.2) is 15.9 Å². The maximum atomic E-state index is 12.9. The van der Waals surface area contributed by atoms with E-state index in [1.165, 1.54) is 47.7 Å². The maximum absolute atomic E-state index is 12.9. The molecule has 3 aliphatic rings. The summed E-state index contributed by atoms with van der Waals surface area (Å²) in [5.74, 6) is 1.35. The number of aryl methyl sites for hydroxylation is 2. The van der Waals surface area contributed by atoms with E-state index in [0.717, 1.165) is 49.2 Å². The Morgan fingerprint density at radius 3 is 2.85 bits per heavy atom. The molecule has 1 fully saturated rings. The van der Waals surface area contributed by atoms with Gasteiger partial charge in [0.1, 0.15) is 0 Å². The summed E-state index contributed by atoms with van der Waals surface area (Å²) in [4.78, 5) is 23.0. The number of carbonyl (C=O) groups is 1. The van der Waals surface area contributed by atoms with Crippen molar-refractivity contribution in [2.75, 3.05) is 5.32 Å². The van der Waals surface area contributed by atoms with Crippen LogP contribution in [0.25, 0.3) is 11.3 Å². The molecular weight excluding hydrogens is 425 g/mol. The van der Waals surface area contributed by atoms with Crippen molar-refractivity contribution in [1.82, 2.24) is 9.97 Å². The highest BCUT2D eigenvalue weighted by Crippen LogP contribution is 2.35. The molecule has 170 valence electrons. The van der Waals surface area contributed by atoms with Gasteiger partial charge in [-0.25, -0.2) is 9.97 Å². The van der Waals surface area contributed by atoms with Gasteiger partial charge in [0.25, 0.3) is 0 Å². The SMILES string of the molecule is O=C(CCC1=CC=CC=CC1)Nc1nc2c(nc1CC1CCCC1)-c1ccc(P)cc1CC2. The minimum absolute atomic E-state index is 0.0267. The number of hydrogen-bond donors (Lipinski definition) is 1. The fourth-order valence-corrected chi connectivity index (χ4v) is 5.50. The lowest BCUT2D eigenvalue weighted by Gasteiger charge is -2.22. The van der Waals surface area contributed by atoms with Gasteiger partial charge in [-0.05, 0) is 48.9 Å². The summed E-state index contributed by atoms with van der Waals surface area (Å²) >= 11 is 0. The Kier molecular flexibility index (Phi) is 6.83. The fraction of sp³-hybridized carbons (Fsp3) is 0.393. The number of benzene rings is 1. The number of allylic oxidation sites excluding steroid dienone is 6. The topological polar surface area (TPSA) is 54.9 Å². The third-order valence-corrected chi connectivity index (χ3v) is 7.37. The van der Waals surface area contributed by atoms with E-state index >= 15 is 0 Å². The van der Waals surface area contributed by atoms with Crippen LogP contribution >= 0.6 is 9.24 Å². The highest BCUT2D eigenvalue weighted by atomic mass is 31.0. The standard InChI is InChI=1S/C28H32N3OP/c32-26(16-11-19-7-3-1-2-4-8-19)31-28-25(17-20-9-5-6-10-20)29-27-23-14-13-22(33)18-21(23)12-15-24(27)30-28/h1-4,7,13-14,18,20H,5-6,8-12,15-17,33H2,(H,30,31,32). The van der Waals surface area contributed by atoms with Crippen LogP contribution in [0, 0.1) is 5.92 Å². The third kappa shape index (κ3) is 5.33. The molecule has 1 heterocycles. The van der Waals surface area contributed by atoms with Crippen LogP contribution in [0.5, 0.6) is 0 Å². The summed E-state index contributed by atoms with van der Waals surface area (Å²) in [5.41, 5.74) is 6.79. The zero-order chi connectivity index (χ0) is 22.6. The smallest absolute Gasteiger partial charge is 0.225 e. The fourth-order valence-electron chi connectivity index (χ4n) is 5.21. The lowest BCUT2D eigenvalue weighted by atomic mass is 9.91. The largest absolute Gasteiger partial charge is 0.309 e. The Morgan fingerprint density at radius 1 is 1.09 bits per heavy atom. The van der Waals surface area contributed by atoms with Crippen molar-refractivity contribution in [2.45, 2.75) is 64.2 Å². The Labute approximate surface area is 198 Å². The Hall–Kier alpha value is -2.58. The number of nitrogens with zero attached hydrogens (tertiary/aromatic N) is 2. The molecule has 1 aromatic carbocycles. The summed E-state index contributed by atoms with van der Waals surface area (Å²) in [6.45, 7) is 0. The lowest BCUT2D eigenvalue weighted by molar-refractivity contribution is -0.116. The Balaban J connectivity index is 1.39. The normalized spacial score (nSPS) is 17.3. The van der Waals surface area contributed by atoms with Crippen molar-refractivity contribution in [2.24, 2.45) is 5.92 Å². The molecule has 33 heavy (non-hydrogen) atoms. The van der Waals surface area contributed by atoms with Gasteiger partial charge in [0, 0.05) is 12.0 Å². The molecule has 1 N–H and O–H groups in total. The number of amides is 1. The van der Waals surface area contributed by atoms with E-state index in [0.29, 0.717) is 18.2 Å². The average Bonchev–Trinajstić information content (AvgIpc) is 3.18.